The molecule has 172 valence electrons. The third-order valence-electron chi connectivity index (χ3n) is 5.46. The van der Waals surface area contributed by atoms with Crippen LogP contribution in [0.4, 0.5) is 5.69 Å². The molecule has 1 aliphatic rings. The second-order valence-electron chi connectivity index (χ2n) is 7.71. The Kier molecular flexibility index (Phi) is 6.46. The summed E-state index contributed by atoms with van der Waals surface area (Å²) in [5.41, 5.74) is 2.00. The van der Waals surface area contributed by atoms with Crippen LogP contribution in [0, 0.1) is 21.4 Å². The highest BCUT2D eigenvalue weighted by atomic mass is 16.6. The lowest BCUT2D eigenvalue weighted by Crippen LogP contribution is -2.30. The molecule has 3 aromatic rings. The van der Waals surface area contributed by atoms with Crippen molar-refractivity contribution in [2.75, 3.05) is 0 Å². The molecule has 0 spiro atoms. The fourth-order valence-corrected chi connectivity index (χ4v) is 3.63. The number of nitriles is 1. The summed E-state index contributed by atoms with van der Waals surface area (Å²) in [6.45, 7) is 1.81. The molecule has 0 fully saturated rings. The number of carbonyl (C=O) groups excluding carboxylic acids is 2. The molecule has 0 radical (unpaired) electrons. The van der Waals surface area contributed by atoms with E-state index < -0.39 is 16.7 Å². The number of amides is 2. The number of non-ortho nitro benzene ring substituents is 1. The highest BCUT2D eigenvalue weighted by molar-refractivity contribution is 6.20. The largest absolute Gasteiger partial charge is 0.345 e. The number of fused-ring (bicyclic) bond motifs is 1. The third-order valence-corrected chi connectivity index (χ3v) is 5.46. The standard InChI is InChI=1S/C26H19N5O4/c1-16(17-7-3-2-4-8-17)28-26(33)22(15-27)23-20-9-5-6-10-21(20)24(29-23)30-25(32)18-11-13-19(14-12-18)31(34)35/h2-14,16H,1H3,(H,28,33)(H,29,30,32)/b23-22+/t16-/m1/s1. The van der Waals surface area contributed by atoms with Gasteiger partial charge >= 0.3 is 0 Å². The first-order valence-corrected chi connectivity index (χ1v) is 10.6. The number of carbonyl (C=O) groups is 2. The second-order valence-corrected chi connectivity index (χ2v) is 7.71. The van der Waals surface area contributed by atoms with E-state index in [1.165, 1.54) is 24.3 Å². The van der Waals surface area contributed by atoms with Crippen LogP contribution in [0.1, 0.15) is 40.0 Å². The molecule has 4 rings (SSSR count). The molecule has 0 aliphatic carbocycles. The summed E-state index contributed by atoms with van der Waals surface area (Å²) < 4.78 is 0. The van der Waals surface area contributed by atoms with E-state index in [0.717, 1.165) is 5.56 Å². The van der Waals surface area contributed by atoms with Gasteiger partial charge in [0, 0.05) is 28.8 Å². The van der Waals surface area contributed by atoms with E-state index in [0.29, 0.717) is 11.1 Å². The van der Waals surface area contributed by atoms with Gasteiger partial charge in [-0.2, -0.15) is 5.26 Å². The zero-order valence-electron chi connectivity index (χ0n) is 18.6. The first-order chi connectivity index (χ1) is 16.9. The minimum Gasteiger partial charge on any atom is -0.345 e. The summed E-state index contributed by atoms with van der Waals surface area (Å²) in [7, 11) is 0. The Morgan fingerprint density at radius 2 is 1.60 bits per heavy atom. The first kappa shape index (κ1) is 23.1. The Morgan fingerprint density at radius 3 is 2.23 bits per heavy atom. The van der Waals surface area contributed by atoms with Gasteiger partial charge in [-0.25, -0.2) is 4.99 Å². The fraction of sp³-hybridized carbons (Fsp3) is 0.0769. The number of hydrogen-bond acceptors (Lipinski definition) is 6. The van der Waals surface area contributed by atoms with E-state index in [2.05, 4.69) is 15.6 Å². The molecule has 2 amide bonds. The van der Waals surface area contributed by atoms with Crippen LogP contribution in [0.25, 0.3) is 5.70 Å². The maximum Gasteiger partial charge on any atom is 0.269 e. The van der Waals surface area contributed by atoms with Gasteiger partial charge < -0.3 is 10.6 Å². The van der Waals surface area contributed by atoms with E-state index in [-0.39, 0.29) is 34.4 Å². The fourth-order valence-electron chi connectivity index (χ4n) is 3.63. The van der Waals surface area contributed by atoms with Crippen molar-refractivity contribution >= 4 is 29.0 Å². The molecule has 0 unspecified atom stereocenters. The van der Waals surface area contributed by atoms with Crippen molar-refractivity contribution in [2.24, 2.45) is 4.99 Å². The lowest BCUT2D eigenvalue weighted by Gasteiger charge is -2.14. The summed E-state index contributed by atoms with van der Waals surface area (Å²) in [6.07, 6.45) is 0. The van der Waals surface area contributed by atoms with Crippen LogP contribution < -0.4 is 10.6 Å². The lowest BCUT2D eigenvalue weighted by molar-refractivity contribution is -0.384. The topological polar surface area (TPSA) is 137 Å². The molecule has 9 nitrogen and oxygen atoms in total. The van der Waals surface area contributed by atoms with Gasteiger partial charge in [0.05, 0.1) is 16.7 Å². The molecular formula is C26H19N5O4. The van der Waals surface area contributed by atoms with Crippen LogP contribution in [-0.2, 0) is 4.79 Å². The summed E-state index contributed by atoms with van der Waals surface area (Å²) in [4.78, 5) is 40.5. The molecule has 3 aromatic carbocycles. The van der Waals surface area contributed by atoms with Crippen LogP contribution in [-0.4, -0.2) is 22.6 Å². The third kappa shape index (κ3) is 4.82. The van der Waals surface area contributed by atoms with Crippen LogP contribution in [0.15, 0.2) is 89.4 Å². The van der Waals surface area contributed by atoms with Crippen LogP contribution >= 0.6 is 0 Å². The first-order valence-electron chi connectivity index (χ1n) is 10.6. The molecule has 1 aliphatic heterocycles. The predicted molar refractivity (Wildman–Crippen MR) is 129 cm³/mol. The van der Waals surface area contributed by atoms with Crippen molar-refractivity contribution in [1.82, 2.24) is 10.6 Å². The number of benzene rings is 3. The molecule has 9 heteroatoms. The van der Waals surface area contributed by atoms with Gasteiger partial charge in [0.15, 0.2) is 0 Å². The maximum absolute atomic E-state index is 13.0. The van der Waals surface area contributed by atoms with E-state index in [1.54, 1.807) is 24.3 Å². The Balaban J connectivity index is 1.63. The molecule has 0 bridgehead atoms. The van der Waals surface area contributed by atoms with Crippen molar-refractivity contribution in [3.05, 3.63) is 117 Å². The highest BCUT2D eigenvalue weighted by Crippen LogP contribution is 2.31. The molecule has 0 saturated carbocycles. The monoisotopic (exact) mass is 465 g/mol. The van der Waals surface area contributed by atoms with Gasteiger partial charge in [0.25, 0.3) is 17.5 Å². The Morgan fingerprint density at radius 1 is 0.971 bits per heavy atom. The molecule has 2 N–H and O–H groups in total. The summed E-state index contributed by atoms with van der Waals surface area (Å²) in [6, 6.07) is 23.0. The zero-order chi connectivity index (χ0) is 24.9. The average molecular weight is 465 g/mol. The molecule has 0 saturated heterocycles. The minimum atomic E-state index is -0.583. The SMILES string of the molecule is C[C@@H](NC(=O)/C(C#N)=C1/N=C(NC(=O)c2ccc([N+](=O)[O-])cc2)c2ccccc21)c1ccccc1. The number of nitro benzene ring substituents is 1. The van der Waals surface area contributed by atoms with Gasteiger partial charge in [-0.1, -0.05) is 54.6 Å². The zero-order valence-corrected chi connectivity index (χ0v) is 18.6. The van der Waals surface area contributed by atoms with Gasteiger partial charge in [-0.05, 0) is 24.6 Å². The molecule has 1 atom stereocenters. The van der Waals surface area contributed by atoms with E-state index in [1.807, 2.05) is 43.3 Å². The van der Waals surface area contributed by atoms with E-state index in [4.69, 9.17) is 0 Å². The van der Waals surface area contributed by atoms with E-state index >= 15 is 0 Å². The Labute approximate surface area is 200 Å². The normalized spacial score (nSPS) is 14.1. The van der Waals surface area contributed by atoms with Crippen molar-refractivity contribution in [1.29, 1.82) is 5.26 Å². The predicted octanol–water partition coefficient (Wildman–Crippen LogP) is 3.90. The van der Waals surface area contributed by atoms with Crippen LogP contribution in [0.2, 0.25) is 0 Å². The molecule has 1 heterocycles. The summed E-state index contributed by atoms with van der Waals surface area (Å²) in [5, 5.41) is 26.2. The number of nitrogens with zero attached hydrogens (tertiary/aromatic N) is 3. The average Bonchev–Trinajstić information content (AvgIpc) is 3.23. The Bertz CT molecular complexity index is 1420. The number of amidine groups is 1. The van der Waals surface area contributed by atoms with Crippen LogP contribution in [0.3, 0.4) is 0 Å². The van der Waals surface area contributed by atoms with Crippen molar-refractivity contribution in [2.45, 2.75) is 13.0 Å². The number of rotatable bonds is 5. The summed E-state index contributed by atoms with van der Waals surface area (Å²) in [5.74, 6) is -0.939. The summed E-state index contributed by atoms with van der Waals surface area (Å²) >= 11 is 0. The second kappa shape index (κ2) is 9.80. The number of hydrogen-bond donors (Lipinski definition) is 2. The number of nitrogens with one attached hydrogen (secondary N) is 2. The van der Waals surface area contributed by atoms with Gasteiger partial charge in [-0.3, -0.25) is 19.7 Å². The van der Waals surface area contributed by atoms with Crippen molar-refractivity contribution in [3.63, 3.8) is 0 Å². The van der Waals surface area contributed by atoms with Crippen molar-refractivity contribution in [3.8, 4) is 6.07 Å². The lowest BCUT2D eigenvalue weighted by atomic mass is 10.0. The molecule has 35 heavy (non-hydrogen) atoms. The molecule has 0 aromatic heterocycles. The van der Waals surface area contributed by atoms with Gasteiger partial charge in [0.2, 0.25) is 0 Å². The highest BCUT2D eigenvalue weighted by Gasteiger charge is 2.28. The Hall–Kier alpha value is -5.10. The van der Waals surface area contributed by atoms with Gasteiger partial charge in [-0.15, -0.1) is 0 Å². The van der Waals surface area contributed by atoms with Crippen molar-refractivity contribution < 1.29 is 14.5 Å². The molecular weight excluding hydrogens is 446 g/mol. The van der Waals surface area contributed by atoms with E-state index in [9.17, 15) is 25.0 Å². The van der Waals surface area contributed by atoms with Crippen LogP contribution in [0.5, 0.6) is 0 Å². The quantitative estimate of drug-likeness (QED) is 0.255. The smallest absolute Gasteiger partial charge is 0.269 e. The number of nitro groups is 1. The number of aliphatic imine (C=N–C) groups is 1. The van der Waals surface area contributed by atoms with Gasteiger partial charge in [0.1, 0.15) is 17.5 Å². The minimum absolute atomic E-state index is 0.135. The maximum atomic E-state index is 13.0.